The van der Waals surface area contributed by atoms with Crippen LogP contribution in [0.1, 0.15) is 22.3 Å². The normalized spacial score (nSPS) is 14.4. The number of hydrogen-bond acceptors (Lipinski definition) is 3. The molecule has 0 aliphatic carbocycles. The number of nitriles is 1. The number of nitrogens with zero attached hydrogens (tertiary/aromatic N) is 2. The first-order chi connectivity index (χ1) is 10.7. The van der Waals surface area contributed by atoms with Gasteiger partial charge < -0.3 is 5.11 Å². The van der Waals surface area contributed by atoms with Crippen LogP contribution in [0.2, 0.25) is 0 Å². The second-order valence-electron chi connectivity index (χ2n) is 5.68. The Morgan fingerprint density at radius 3 is 2.59 bits per heavy atom. The van der Waals surface area contributed by atoms with E-state index in [0.29, 0.717) is 12.2 Å². The van der Waals surface area contributed by atoms with E-state index in [-0.39, 0.29) is 0 Å². The fraction of sp³-hybridized carbons (Fsp3) is 0.278. The third-order valence-corrected chi connectivity index (χ3v) is 4.71. The molecule has 0 fully saturated rings. The molecular weight excluding hydrogens is 340 g/mol. The molecule has 4 heteroatoms. The number of hydrogen-bond donors (Lipinski definition) is 1. The van der Waals surface area contributed by atoms with Crippen molar-refractivity contribution in [2.24, 2.45) is 0 Å². The van der Waals surface area contributed by atoms with Crippen molar-refractivity contribution < 1.29 is 5.11 Å². The summed E-state index contributed by atoms with van der Waals surface area (Å²) in [6, 6.07) is 14.3. The SMILES string of the molecule is N#CCc1ccc(CN2CCc3cc(O)c(Br)cc3C2)cc1. The van der Waals surface area contributed by atoms with Gasteiger partial charge in [-0.1, -0.05) is 24.3 Å². The number of fused-ring (bicyclic) bond motifs is 1. The van der Waals surface area contributed by atoms with Crippen molar-refractivity contribution in [2.75, 3.05) is 6.54 Å². The highest BCUT2D eigenvalue weighted by molar-refractivity contribution is 9.10. The van der Waals surface area contributed by atoms with Crippen LogP contribution in [0.4, 0.5) is 0 Å². The number of phenolic OH excluding ortho intramolecular Hbond substituents is 1. The molecule has 2 aromatic rings. The molecule has 0 unspecified atom stereocenters. The summed E-state index contributed by atoms with van der Waals surface area (Å²) in [6.07, 6.45) is 1.43. The fourth-order valence-corrected chi connectivity index (χ4v) is 3.26. The van der Waals surface area contributed by atoms with Crippen molar-refractivity contribution in [1.82, 2.24) is 4.90 Å². The molecule has 2 aromatic carbocycles. The molecule has 0 aromatic heterocycles. The van der Waals surface area contributed by atoms with E-state index >= 15 is 0 Å². The molecule has 0 bridgehead atoms. The van der Waals surface area contributed by atoms with Crippen LogP contribution in [0.15, 0.2) is 40.9 Å². The fourth-order valence-electron chi connectivity index (χ4n) is 2.87. The number of rotatable bonds is 3. The Kier molecular flexibility index (Phi) is 4.47. The van der Waals surface area contributed by atoms with Crippen molar-refractivity contribution in [1.29, 1.82) is 5.26 Å². The predicted octanol–water partition coefficient (Wildman–Crippen LogP) is 3.78. The minimum absolute atomic E-state index is 0.320. The number of aromatic hydroxyl groups is 1. The highest BCUT2D eigenvalue weighted by Crippen LogP contribution is 2.31. The highest BCUT2D eigenvalue weighted by Gasteiger charge is 2.18. The molecule has 0 amide bonds. The molecular formula is C18H17BrN2O. The van der Waals surface area contributed by atoms with Crippen molar-refractivity contribution in [3.05, 3.63) is 63.1 Å². The van der Waals surface area contributed by atoms with E-state index in [1.165, 1.54) is 16.7 Å². The Bertz CT molecular complexity index is 719. The number of benzene rings is 2. The Labute approximate surface area is 138 Å². The van der Waals surface area contributed by atoms with Gasteiger partial charge in [0.25, 0.3) is 0 Å². The summed E-state index contributed by atoms with van der Waals surface area (Å²) >= 11 is 3.39. The summed E-state index contributed by atoms with van der Waals surface area (Å²) in [7, 11) is 0. The van der Waals surface area contributed by atoms with Crippen LogP contribution in [0.25, 0.3) is 0 Å². The lowest BCUT2D eigenvalue weighted by atomic mass is 9.99. The maximum Gasteiger partial charge on any atom is 0.130 e. The second kappa shape index (κ2) is 6.51. The van der Waals surface area contributed by atoms with Crippen LogP contribution < -0.4 is 0 Å². The minimum atomic E-state index is 0.320. The number of phenols is 1. The van der Waals surface area contributed by atoms with Gasteiger partial charge in [-0.15, -0.1) is 0 Å². The average Bonchev–Trinajstić information content (AvgIpc) is 2.51. The molecule has 1 aliphatic heterocycles. The van der Waals surface area contributed by atoms with Crippen LogP contribution in [-0.2, 0) is 25.9 Å². The molecule has 0 saturated heterocycles. The first-order valence-electron chi connectivity index (χ1n) is 7.33. The van der Waals surface area contributed by atoms with Gasteiger partial charge in [-0.3, -0.25) is 4.90 Å². The summed E-state index contributed by atoms with van der Waals surface area (Å²) in [4.78, 5) is 2.41. The summed E-state index contributed by atoms with van der Waals surface area (Å²) in [6.45, 7) is 2.80. The first kappa shape index (κ1) is 15.1. The van der Waals surface area contributed by atoms with E-state index in [0.717, 1.165) is 36.1 Å². The van der Waals surface area contributed by atoms with Gasteiger partial charge in [-0.25, -0.2) is 0 Å². The van der Waals surface area contributed by atoms with E-state index in [9.17, 15) is 5.11 Å². The van der Waals surface area contributed by atoms with Gasteiger partial charge in [0.05, 0.1) is 17.0 Å². The standard InChI is InChI=1S/C18H17BrN2O/c19-17-9-16-12-21(8-6-15(16)10-18(17)22)11-14-3-1-13(2-4-14)5-7-20/h1-4,9-10,22H,5-6,8,11-12H2. The van der Waals surface area contributed by atoms with Gasteiger partial charge in [0.1, 0.15) is 5.75 Å². The maximum atomic E-state index is 9.76. The van der Waals surface area contributed by atoms with Crippen LogP contribution in [0.3, 0.4) is 0 Å². The monoisotopic (exact) mass is 356 g/mol. The molecule has 22 heavy (non-hydrogen) atoms. The highest BCUT2D eigenvalue weighted by atomic mass is 79.9. The molecule has 3 nitrogen and oxygen atoms in total. The summed E-state index contributed by atoms with van der Waals surface area (Å²) in [5.41, 5.74) is 4.84. The van der Waals surface area contributed by atoms with E-state index in [4.69, 9.17) is 5.26 Å². The van der Waals surface area contributed by atoms with Gasteiger partial charge in [0, 0.05) is 19.6 Å². The smallest absolute Gasteiger partial charge is 0.130 e. The van der Waals surface area contributed by atoms with Gasteiger partial charge in [-0.2, -0.15) is 5.26 Å². The lowest BCUT2D eigenvalue weighted by Gasteiger charge is -2.29. The molecule has 0 atom stereocenters. The molecule has 1 heterocycles. The van der Waals surface area contributed by atoms with Gasteiger partial charge in [0.15, 0.2) is 0 Å². The molecule has 1 aliphatic rings. The molecule has 0 spiro atoms. The van der Waals surface area contributed by atoms with Crippen molar-refractivity contribution in [3.63, 3.8) is 0 Å². The van der Waals surface area contributed by atoms with Crippen LogP contribution in [0, 0.1) is 11.3 Å². The summed E-state index contributed by atoms with van der Waals surface area (Å²) in [5.74, 6) is 0.320. The average molecular weight is 357 g/mol. The van der Waals surface area contributed by atoms with Crippen molar-refractivity contribution in [2.45, 2.75) is 25.9 Å². The van der Waals surface area contributed by atoms with E-state index in [1.54, 1.807) is 0 Å². The van der Waals surface area contributed by atoms with Crippen LogP contribution >= 0.6 is 15.9 Å². The zero-order valence-corrected chi connectivity index (χ0v) is 13.8. The zero-order chi connectivity index (χ0) is 15.5. The Hall–Kier alpha value is -1.83. The molecule has 1 N–H and O–H groups in total. The van der Waals surface area contributed by atoms with E-state index in [1.807, 2.05) is 24.3 Å². The largest absolute Gasteiger partial charge is 0.507 e. The third kappa shape index (κ3) is 3.32. The Morgan fingerprint density at radius 1 is 1.14 bits per heavy atom. The van der Waals surface area contributed by atoms with Crippen LogP contribution in [0.5, 0.6) is 5.75 Å². The van der Waals surface area contributed by atoms with Gasteiger partial charge in [0.2, 0.25) is 0 Å². The van der Waals surface area contributed by atoms with Crippen molar-refractivity contribution in [3.8, 4) is 11.8 Å². The van der Waals surface area contributed by atoms with E-state index in [2.05, 4.69) is 39.0 Å². The second-order valence-corrected chi connectivity index (χ2v) is 6.54. The first-order valence-corrected chi connectivity index (χ1v) is 8.12. The lowest BCUT2D eigenvalue weighted by Crippen LogP contribution is -2.30. The van der Waals surface area contributed by atoms with E-state index < -0.39 is 0 Å². The molecule has 112 valence electrons. The quantitative estimate of drug-likeness (QED) is 0.910. The van der Waals surface area contributed by atoms with Crippen LogP contribution in [-0.4, -0.2) is 16.6 Å². The maximum absolute atomic E-state index is 9.76. The molecule has 0 radical (unpaired) electrons. The van der Waals surface area contributed by atoms with Gasteiger partial charge >= 0.3 is 0 Å². The zero-order valence-electron chi connectivity index (χ0n) is 12.2. The molecule has 3 rings (SSSR count). The summed E-state index contributed by atoms with van der Waals surface area (Å²) < 4.78 is 0.758. The minimum Gasteiger partial charge on any atom is -0.507 e. The van der Waals surface area contributed by atoms with Gasteiger partial charge in [-0.05, 0) is 56.7 Å². The Morgan fingerprint density at radius 2 is 1.86 bits per heavy atom. The third-order valence-electron chi connectivity index (χ3n) is 4.07. The lowest BCUT2D eigenvalue weighted by molar-refractivity contribution is 0.245. The predicted molar refractivity (Wildman–Crippen MR) is 89.4 cm³/mol. The molecule has 0 saturated carbocycles. The van der Waals surface area contributed by atoms with Crippen molar-refractivity contribution >= 4 is 15.9 Å². The Balaban J connectivity index is 1.69. The number of halogens is 1. The summed E-state index contributed by atoms with van der Waals surface area (Å²) in [5, 5.41) is 18.5. The topological polar surface area (TPSA) is 47.3 Å².